The van der Waals surface area contributed by atoms with Gasteiger partial charge in [0.2, 0.25) is 0 Å². The summed E-state index contributed by atoms with van der Waals surface area (Å²) >= 11 is 0. The molecule has 2 N–H and O–H groups in total. The van der Waals surface area contributed by atoms with Gasteiger partial charge in [-0.3, -0.25) is 10.1 Å². The molecule has 1 heterocycles. The summed E-state index contributed by atoms with van der Waals surface area (Å²) in [5.74, 6) is 0. The molecule has 1 aromatic carbocycles. The number of nitro groups is 1. The number of rotatable bonds is 6. The molecule has 0 aromatic heterocycles. The van der Waals surface area contributed by atoms with Gasteiger partial charge < -0.3 is 15.3 Å². The van der Waals surface area contributed by atoms with Crippen molar-refractivity contribution in [1.29, 1.82) is 0 Å². The normalized spacial score (nSPS) is 18.6. The molecule has 1 fully saturated rings. The molecule has 6 nitrogen and oxygen atoms in total. The molecule has 0 spiro atoms. The van der Waals surface area contributed by atoms with Gasteiger partial charge in [-0.2, -0.15) is 0 Å². The number of aliphatic hydroxyl groups excluding tert-OH is 1. The first-order valence-corrected chi connectivity index (χ1v) is 7.57. The third-order valence-electron chi connectivity index (χ3n) is 3.96. The molecule has 2 rings (SSSR count). The molecule has 0 amide bonds. The monoisotopic (exact) mass is 293 g/mol. The third-order valence-corrected chi connectivity index (χ3v) is 3.96. The van der Waals surface area contributed by atoms with Crippen LogP contribution in [0.4, 0.5) is 17.1 Å². The minimum Gasteiger partial charge on any atom is -0.396 e. The molecule has 0 bridgehead atoms. The van der Waals surface area contributed by atoms with Gasteiger partial charge in [-0.05, 0) is 44.7 Å². The van der Waals surface area contributed by atoms with Crippen molar-refractivity contribution >= 4 is 17.1 Å². The topological polar surface area (TPSA) is 78.6 Å². The van der Waals surface area contributed by atoms with Crippen molar-refractivity contribution in [3.8, 4) is 0 Å². The van der Waals surface area contributed by atoms with Crippen molar-refractivity contribution in [3.63, 3.8) is 0 Å². The Hall–Kier alpha value is -1.82. The van der Waals surface area contributed by atoms with E-state index in [4.69, 9.17) is 0 Å². The highest BCUT2D eigenvalue weighted by molar-refractivity contribution is 5.77. The highest BCUT2D eigenvalue weighted by atomic mass is 16.6. The third kappa shape index (κ3) is 3.44. The highest BCUT2D eigenvalue weighted by Gasteiger charge is 2.29. The molecule has 21 heavy (non-hydrogen) atoms. The summed E-state index contributed by atoms with van der Waals surface area (Å²) in [6.45, 7) is 3.49. The maximum atomic E-state index is 11.5. The smallest absolute Gasteiger partial charge is 0.315 e. The van der Waals surface area contributed by atoms with Gasteiger partial charge >= 0.3 is 5.69 Å². The molecule has 6 heteroatoms. The number of para-hydroxylation sites is 1. The van der Waals surface area contributed by atoms with Crippen LogP contribution in [0.3, 0.4) is 0 Å². The van der Waals surface area contributed by atoms with Crippen LogP contribution in [0.2, 0.25) is 0 Å². The van der Waals surface area contributed by atoms with Crippen molar-refractivity contribution in [2.75, 3.05) is 29.9 Å². The number of nitrogens with one attached hydrogen (secondary N) is 1. The summed E-state index contributed by atoms with van der Waals surface area (Å²) in [6, 6.07) is 5.59. The minimum absolute atomic E-state index is 0.113. The molecule has 0 aliphatic carbocycles. The zero-order chi connectivity index (χ0) is 15.2. The zero-order valence-electron chi connectivity index (χ0n) is 12.4. The fourth-order valence-electron chi connectivity index (χ4n) is 3.05. The van der Waals surface area contributed by atoms with E-state index in [1.165, 1.54) is 0 Å². The van der Waals surface area contributed by atoms with E-state index < -0.39 is 0 Å². The summed E-state index contributed by atoms with van der Waals surface area (Å²) in [7, 11) is 0. The van der Waals surface area contributed by atoms with Gasteiger partial charge in [0.25, 0.3) is 0 Å². The Bertz CT molecular complexity index is 491. The van der Waals surface area contributed by atoms with Crippen LogP contribution >= 0.6 is 0 Å². The van der Waals surface area contributed by atoms with Crippen molar-refractivity contribution in [2.45, 2.75) is 38.6 Å². The summed E-state index contributed by atoms with van der Waals surface area (Å²) in [4.78, 5) is 13.3. The summed E-state index contributed by atoms with van der Waals surface area (Å²) in [5.41, 5.74) is 1.37. The fourth-order valence-corrected chi connectivity index (χ4v) is 3.05. The van der Waals surface area contributed by atoms with Crippen molar-refractivity contribution < 1.29 is 10.0 Å². The number of piperidine rings is 1. The molecule has 0 radical (unpaired) electrons. The fraction of sp³-hybridized carbons (Fsp3) is 0.600. The van der Waals surface area contributed by atoms with Crippen LogP contribution in [0.15, 0.2) is 18.2 Å². The van der Waals surface area contributed by atoms with E-state index in [0.717, 1.165) is 25.8 Å². The standard InChI is InChI=1S/C15H23N3O3/c1-2-16-13-7-5-8-14(15(13)18(20)21)17-10-4-3-6-12(17)9-11-19/h5,7-8,12,16,19H,2-4,6,9-11H2,1H3. The predicted molar refractivity (Wildman–Crippen MR) is 83.9 cm³/mol. The van der Waals surface area contributed by atoms with E-state index in [9.17, 15) is 15.2 Å². The molecule has 0 saturated carbocycles. The number of benzene rings is 1. The lowest BCUT2D eigenvalue weighted by Crippen LogP contribution is -2.40. The first-order valence-electron chi connectivity index (χ1n) is 7.57. The first kappa shape index (κ1) is 15.6. The lowest BCUT2D eigenvalue weighted by atomic mass is 9.98. The van der Waals surface area contributed by atoms with E-state index in [2.05, 4.69) is 10.2 Å². The van der Waals surface area contributed by atoms with E-state index in [1.807, 2.05) is 19.1 Å². The Kier molecular flexibility index (Phi) is 5.38. The maximum absolute atomic E-state index is 11.5. The molecular weight excluding hydrogens is 270 g/mol. The van der Waals surface area contributed by atoms with Gasteiger partial charge in [-0.25, -0.2) is 0 Å². The van der Waals surface area contributed by atoms with Gasteiger partial charge in [-0.1, -0.05) is 6.07 Å². The van der Waals surface area contributed by atoms with Gasteiger partial charge in [0.05, 0.1) is 4.92 Å². The Morgan fingerprint density at radius 3 is 2.95 bits per heavy atom. The Labute approximate surface area is 124 Å². The lowest BCUT2D eigenvalue weighted by Gasteiger charge is -2.37. The van der Waals surface area contributed by atoms with Gasteiger partial charge in [0.15, 0.2) is 0 Å². The number of anilines is 2. The Morgan fingerprint density at radius 1 is 1.48 bits per heavy atom. The largest absolute Gasteiger partial charge is 0.396 e. The van der Waals surface area contributed by atoms with Crippen LogP contribution in [-0.4, -0.2) is 35.8 Å². The second-order valence-corrected chi connectivity index (χ2v) is 5.32. The first-order chi connectivity index (χ1) is 10.2. The SMILES string of the molecule is CCNc1cccc(N2CCCCC2CCO)c1[N+](=O)[O-]. The predicted octanol–water partition coefficient (Wildman–Crippen LogP) is 2.77. The molecule has 116 valence electrons. The van der Waals surface area contributed by atoms with Crippen LogP contribution in [0.25, 0.3) is 0 Å². The second kappa shape index (κ2) is 7.26. The summed E-state index contributed by atoms with van der Waals surface area (Å²) in [6.07, 6.45) is 3.78. The van der Waals surface area contributed by atoms with E-state index >= 15 is 0 Å². The van der Waals surface area contributed by atoms with Crippen LogP contribution in [0, 0.1) is 10.1 Å². The molecule has 1 saturated heterocycles. The van der Waals surface area contributed by atoms with Crippen LogP contribution in [0.5, 0.6) is 0 Å². The maximum Gasteiger partial charge on any atom is 0.315 e. The quantitative estimate of drug-likeness (QED) is 0.623. The minimum atomic E-state index is -0.308. The van der Waals surface area contributed by atoms with E-state index in [0.29, 0.717) is 24.3 Å². The molecular formula is C15H23N3O3. The molecule has 1 aliphatic rings. The molecule has 1 aliphatic heterocycles. The number of nitro benzene ring substituents is 1. The van der Waals surface area contributed by atoms with E-state index in [1.54, 1.807) is 6.07 Å². The summed E-state index contributed by atoms with van der Waals surface area (Å²) < 4.78 is 0. The average molecular weight is 293 g/mol. The van der Waals surface area contributed by atoms with Crippen LogP contribution in [0.1, 0.15) is 32.6 Å². The van der Waals surface area contributed by atoms with Crippen molar-refractivity contribution in [3.05, 3.63) is 28.3 Å². The second-order valence-electron chi connectivity index (χ2n) is 5.32. The highest BCUT2D eigenvalue weighted by Crippen LogP contribution is 2.38. The van der Waals surface area contributed by atoms with Crippen LogP contribution < -0.4 is 10.2 Å². The van der Waals surface area contributed by atoms with Crippen molar-refractivity contribution in [1.82, 2.24) is 0 Å². The van der Waals surface area contributed by atoms with Gasteiger partial charge in [-0.15, -0.1) is 0 Å². The lowest BCUT2D eigenvalue weighted by molar-refractivity contribution is -0.383. The molecule has 1 aromatic rings. The molecule has 1 unspecified atom stereocenters. The Morgan fingerprint density at radius 2 is 2.29 bits per heavy atom. The number of hydrogen-bond acceptors (Lipinski definition) is 5. The van der Waals surface area contributed by atoms with Crippen molar-refractivity contribution in [2.24, 2.45) is 0 Å². The number of aliphatic hydroxyl groups is 1. The molecule has 1 atom stereocenters. The van der Waals surface area contributed by atoms with E-state index in [-0.39, 0.29) is 23.3 Å². The number of nitrogens with zero attached hydrogens (tertiary/aromatic N) is 2. The van der Waals surface area contributed by atoms with Gasteiger partial charge in [0, 0.05) is 25.7 Å². The zero-order valence-corrected chi connectivity index (χ0v) is 12.4. The Balaban J connectivity index is 2.40. The average Bonchev–Trinajstić information content (AvgIpc) is 2.48. The van der Waals surface area contributed by atoms with Gasteiger partial charge in [0.1, 0.15) is 11.4 Å². The number of hydrogen-bond donors (Lipinski definition) is 2. The summed E-state index contributed by atoms with van der Waals surface area (Å²) in [5, 5.41) is 23.8. The van der Waals surface area contributed by atoms with Crippen LogP contribution in [-0.2, 0) is 0 Å².